The number of phenols is 4. The average molecular weight is 771 g/mol. The molecule has 19 heteroatoms. The van der Waals surface area contributed by atoms with Gasteiger partial charge in [0.2, 0.25) is 0 Å². The van der Waals surface area contributed by atoms with Crippen molar-refractivity contribution in [2.45, 2.75) is 112 Å². The van der Waals surface area contributed by atoms with E-state index < -0.39 is 116 Å². The second-order valence-corrected chi connectivity index (χ2v) is 13.3. The largest absolute Gasteiger partial charge is 0.504 e. The lowest BCUT2D eigenvalue weighted by Gasteiger charge is -2.47. The van der Waals surface area contributed by atoms with Crippen molar-refractivity contribution in [3.8, 4) is 23.0 Å². The lowest BCUT2D eigenvalue weighted by molar-refractivity contribution is -0.363. The van der Waals surface area contributed by atoms with Gasteiger partial charge in [0.25, 0.3) is 0 Å². The zero-order chi connectivity index (χ0) is 39.4. The monoisotopic (exact) mass is 770 g/mol. The average Bonchev–Trinajstić information content (AvgIpc) is 3.14. The summed E-state index contributed by atoms with van der Waals surface area (Å²) in [5.41, 5.74) is 0.811. The first-order valence-corrected chi connectivity index (χ1v) is 17.1. The fourth-order valence-corrected chi connectivity index (χ4v) is 6.08. The predicted molar refractivity (Wildman–Crippen MR) is 178 cm³/mol. The number of aliphatic hydroxyl groups excluding tert-OH is 7. The molecular weight excluding hydrogens is 724 g/mol. The molecular formula is C35H46O19. The van der Waals surface area contributed by atoms with Gasteiger partial charge in [0.1, 0.15) is 54.9 Å². The summed E-state index contributed by atoms with van der Waals surface area (Å²) in [5, 5.41) is 113. The molecule has 19 nitrogen and oxygen atoms in total. The van der Waals surface area contributed by atoms with Crippen molar-refractivity contribution in [1.82, 2.24) is 0 Å². The van der Waals surface area contributed by atoms with Gasteiger partial charge in [0.05, 0.1) is 25.4 Å². The number of carbonyl (C=O) groups is 1. The molecule has 0 radical (unpaired) electrons. The number of ether oxygens (including phenoxy) is 7. The van der Waals surface area contributed by atoms with Crippen molar-refractivity contribution in [2.24, 2.45) is 0 Å². The molecule has 0 unspecified atom stereocenters. The second kappa shape index (κ2) is 17.9. The first-order valence-electron chi connectivity index (χ1n) is 17.1. The van der Waals surface area contributed by atoms with Crippen molar-refractivity contribution in [2.75, 3.05) is 13.2 Å². The molecule has 0 saturated carbocycles. The van der Waals surface area contributed by atoms with Gasteiger partial charge in [-0.15, -0.1) is 0 Å². The van der Waals surface area contributed by atoms with E-state index in [1.807, 2.05) is 0 Å². The normalized spacial score (nSPS) is 37.3. The standard InChI is InChI=1S/C35H46O19/c1-14-24(41)26(43)28(45)33(50-14)49-13-22-31(53-23(40)8-5-16-3-6-18(36)20(38)11-16)32(54-35-29(46)27(44)25(42)15(2)51-35)30(47)34(52-22)48-10-9-17-4-7-19(37)21(39)12-17/h3-8,11-12,14-15,22,24-39,41-47H,9-10,13H2,1-2H3/b8-5+/t14-,15+,22-,24+,25-,26-,27-,28+,29-,30+,31+,32-,33-,34-,35-/m0/s1. The molecule has 0 spiro atoms. The Morgan fingerprint density at radius 3 is 1.85 bits per heavy atom. The van der Waals surface area contributed by atoms with Gasteiger partial charge in [-0.2, -0.15) is 0 Å². The van der Waals surface area contributed by atoms with Crippen molar-refractivity contribution >= 4 is 12.0 Å². The Morgan fingerprint density at radius 2 is 1.22 bits per heavy atom. The molecule has 0 amide bonds. The lowest BCUT2D eigenvalue weighted by atomic mass is 9.96. The number of hydrogen-bond acceptors (Lipinski definition) is 19. The highest BCUT2D eigenvalue weighted by Crippen LogP contribution is 2.33. The molecule has 0 aromatic heterocycles. The molecule has 3 aliphatic heterocycles. The van der Waals surface area contributed by atoms with E-state index in [4.69, 9.17) is 33.2 Å². The molecule has 54 heavy (non-hydrogen) atoms. The third-order valence-corrected chi connectivity index (χ3v) is 9.32. The number of hydrogen-bond donors (Lipinski definition) is 11. The Hall–Kier alpha value is -3.67. The van der Waals surface area contributed by atoms with Gasteiger partial charge in [-0.25, -0.2) is 4.79 Å². The number of rotatable bonds is 12. The number of phenolic OH excluding ortho intramolecular Hbond substituents is 4. The van der Waals surface area contributed by atoms with Crippen molar-refractivity contribution < 1.29 is 94.1 Å². The van der Waals surface area contributed by atoms with E-state index in [2.05, 4.69) is 0 Å². The maximum absolute atomic E-state index is 13.3. The highest BCUT2D eigenvalue weighted by atomic mass is 16.8. The van der Waals surface area contributed by atoms with Gasteiger partial charge in [-0.1, -0.05) is 12.1 Å². The summed E-state index contributed by atoms with van der Waals surface area (Å²) in [6.45, 7) is 2.06. The minimum Gasteiger partial charge on any atom is -0.504 e. The minimum absolute atomic E-state index is 0.134. The molecule has 3 heterocycles. The van der Waals surface area contributed by atoms with E-state index in [0.717, 1.165) is 6.08 Å². The zero-order valence-corrected chi connectivity index (χ0v) is 29.1. The molecule has 2 aromatic carbocycles. The van der Waals surface area contributed by atoms with Gasteiger partial charge in [-0.05, 0) is 61.7 Å². The third-order valence-electron chi connectivity index (χ3n) is 9.32. The Morgan fingerprint density at radius 1 is 0.648 bits per heavy atom. The van der Waals surface area contributed by atoms with Gasteiger partial charge < -0.3 is 89.3 Å². The summed E-state index contributed by atoms with van der Waals surface area (Å²) in [5.74, 6) is -2.62. The highest BCUT2D eigenvalue weighted by molar-refractivity contribution is 5.87. The summed E-state index contributed by atoms with van der Waals surface area (Å²) in [6, 6.07) is 7.83. The summed E-state index contributed by atoms with van der Waals surface area (Å²) in [6.07, 6.45) is -21.1. The van der Waals surface area contributed by atoms with Crippen LogP contribution in [-0.4, -0.2) is 167 Å². The number of carbonyl (C=O) groups excluding carboxylic acids is 1. The number of benzene rings is 2. The van der Waals surface area contributed by atoms with Crippen molar-refractivity contribution in [1.29, 1.82) is 0 Å². The molecule has 2 aromatic rings. The van der Waals surface area contributed by atoms with Gasteiger partial charge in [-0.3, -0.25) is 0 Å². The quantitative estimate of drug-likeness (QED) is 0.0622. The van der Waals surface area contributed by atoms with Crippen molar-refractivity contribution in [3.63, 3.8) is 0 Å². The number of esters is 1. The van der Waals surface area contributed by atoms with Crippen LogP contribution in [0.1, 0.15) is 25.0 Å². The van der Waals surface area contributed by atoms with Crippen molar-refractivity contribution in [3.05, 3.63) is 53.6 Å². The van der Waals surface area contributed by atoms with Gasteiger partial charge in [0, 0.05) is 6.08 Å². The van der Waals surface area contributed by atoms with Crippen LogP contribution in [-0.2, 0) is 44.4 Å². The third kappa shape index (κ3) is 9.58. The number of aromatic hydroxyl groups is 4. The summed E-state index contributed by atoms with van der Waals surface area (Å²) >= 11 is 0. The maximum atomic E-state index is 13.3. The maximum Gasteiger partial charge on any atom is 0.331 e. The van der Waals surface area contributed by atoms with Crippen LogP contribution < -0.4 is 0 Å². The SMILES string of the molecule is C[C@@H]1O[C@H](OC[C@@H]2O[C@H](OCCc3ccc(O)c(O)c3)[C@H](O)[C@H](O[C@@H]3O[C@H](C)[C@H](O)[C@H](O)[C@@H]3O)[C@@H]2OC(=O)/C=C/c2ccc(O)c(O)c2)[C@H](O)[C@@H](O)[C@@H]1O. The molecule has 3 fully saturated rings. The second-order valence-electron chi connectivity index (χ2n) is 13.3. The molecule has 3 saturated heterocycles. The summed E-state index contributed by atoms with van der Waals surface area (Å²) < 4.78 is 40.4. The number of aliphatic hydroxyl groups is 7. The van der Waals surface area contributed by atoms with Crippen LogP contribution in [0.3, 0.4) is 0 Å². The van der Waals surface area contributed by atoms with Crippen LogP contribution >= 0.6 is 0 Å². The highest BCUT2D eigenvalue weighted by Gasteiger charge is 2.53. The smallest absolute Gasteiger partial charge is 0.331 e. The summed E-state index contributed by atoms with van der Waals surface area (Å²) in [7, 11) is 0. The van der Waals surface area contributed by atoms with E-state index in [1.165, 1.54) is 56.3 Å². The van der Waals surface area contributed by atoms with E-state index in [0.29, 0.717) is 5.56 Å². The summed E-state index contributed by atoms with van der Waals surface area (Å²) in [4.78, 5) is 13.3. The Kier molecular flexibility index (Phi) is 13.7. The van der Waals surface area contributed by atoms with Crippen LogP contribution in [0.2, 0.25) is 0 Å². The van der Waals surface area contributed by atoms with Crippen LogP contribution in [0.15, 0.2) is 42.5 Å². The fraction of sp³-hybridized carbons (Fsp3) is 0.571. The fourth-order valence-electron chi connectivity index (χ4n) is 6.08. The van der Waals surface area contributed by atoms with Crippen LogP contribution in [0.25, 0.3) is 6.08 Å². The van der Waals surface area contributed by atoms with E-state index in [9.17, 15) is 61.0 Å². The molecule has 300 valence electrons. The molecule has 11 N–H and O–H groups in total. The molecule has 5 rings (SSSR count). The van der Waals surface area contributed by atoms with Gasteiger partial charge in [0.15, 0.2) is 48.0 Å². The van der Waals surface area contributed by atoms with Crippen LogP contribution in [0, 0.1) is 0 Å². The molecule has 3 aliphatic rings. The van der Waals surface area contributed by atoms with Crippen LogP contribution in [0.5, 0.6) is 23.0 Å². The topological polar surface area (TPSA) is 304 Å². The first kappa shape index (κ1) is 41.5. The Labute approximate surface area is 308 Å². The van der Waals surface area contributed by atoms with E-state index in [1.54, 1.807) is 0 Å². The minimum atomic E-state index is -1.86. The Bertz CT molecular complexity index is 1590. The molecule has 0 bridgehead atoms. The van der Waals surface area contributed by atoms with Crippen LogP contribution in [0.4, 0.5) is 0 Å². The Balaban J connectivity index is 1.43. The lowest BCUT2D eigenvalue weighted by Crippen LogP contribution is -2.65. The van der Waals surface area contributed by atoms with E-state index >= 15 is 0 Å². The zero-order valence-electron chi connectivity index (χ0n) is 29.1. The molecule has 0 aliphatic carbocycles. The molecule has 15 atom stereocenters. The predicted octanol–water partition coefficient (Wildman–Crippen LogP) is -2.16. The van der Waals surface area contributed by atoms with E-state index in [-0.39, 0.29) is 30.1 Å². The van der Waals surface area contributed by atoms with Gasteiger partial charge >= 0.3 is 5.97 Å². The first-order chi connectivity index (χ1) is 25.5.